The zero-order chi connectivity index (χ0) is 12.4. The Kier molecular flexibility index (Phi) is 8.22. The summed E-state index contributed by atoms with van der Waals surface area (Å²) >= 11 is 0. The van der Waals surface area contributed by atoms with E-state index < -0.39 is 0 Å². The summed E-state index contributed by atoms with van der Waals surface area (Å²) in [5, 5.41) is 0. The Morgan fingerprint density at radius 2 is 2.00 bits per heavy atom. The van der Waals surface area contributed by atoms with Gasteiger partial charge >= 0.3 is 5.97 Å². The quantitative estimate of drug-likeness (QED) is 0.205. The molecule has 0 aromatic heterocycles. The number of carbonyl (C=O) groups is 1. The Balaban J connectivity index is 4.23. The second kappa shape index (κ2) is 8.96. The molecule has 0 aromatic rings. The van der Waals surface area contributed by atoms with Gasteiger partial charge in [0.15, 0.2) is 0 Å². The van der Waals surface area contributed by atoms with Gasteiger partial charge in [0.25, 0.3) is 0 Å². The second-order valence-electron chi connectivity index (χ2n) is 3.69. The molecular weight excluding hydrogens is 200 g/mol. The summed E-state index contributed by atoms with van der Waals surface area (Å²) in [6, 6.07) is 0. The van der Waals surface area contributed by atoms with Crippen molar-refractivity contribution in [1.82, 2.24) is 0 Å². The molecule has 0 fully saturated rings. The van der Waals surface area contributed by atoms with Crippen molar-refractivity contribution in [2.45, 2.75) is 39.5 Å². The maximum atomic E-state index is 11.6. The van der Waals surface area contributed by atoms with Gasteiger partial charge in [0, 0.05) is 5.57 Å². The molecule has 0 aliphatic carbocycles. The maximum Gasteiger partial charge on any atom is 0.333 e. The summed E-state index contributed by atoms with van der Waals surface area (Å²) in [4.78, 5) is 11.6. The van der Waals surface area contributed by atoms with Crippen molar-refractivity contribution in [2.75, 3.05) is 6.61 Å². The molecule has 0 atom stereocenters. The molecule has 0 saturated carbocycles. The Bertz CT molecular complexity index is 274. The molecule has 0 unspecified atom stereocenters. The van der Waals surface area contributed by atoms with Crippen LogP contribution in [0.2, 0.25) is 0 Å². The van der Waals surface area contributed by atoms with Crippen LogP contribution in [0.25, 0.3) is 0 Å². The first kappa shape index (κ1) is 14.7. The molecule has 0 amide bonds. The van der Waals surface area contributed by atoms with E-state index in [4.69, 9.17) is 4.74 Å². The van der Waals surface area contributed by atoms with E-state index >= 15 is 0 Å². The summed E-state index contributed by atoms with van der Waals surface area (Å²) in [5.41, 5.74) is 1.52. The number of allylic oxidation sites excluding steroid dienone is 3. The number of hydrogen-bond donors (Lipinski definition) is 0. The topological polar surface area (TPSA) is 26.3 Å². The van der Waals surface area contributed by atoms with Crippen molar-refractivity contribution in [3.63, 3.8) is 0 Å². The SMILES string of the molecule is C=CCC(C=C)=C(C)C(=O)OCCCCC. The van der Waals surface area contributed by atoms with Crippen molar-refractivity contribution >= 4 is 5.97 Å². The van der Waals surface area contributed by atoms with Gasteiger partial charge in [-0.1, -0.05) is 38.5 Å². The van der Waals surface area contributed by atoms with Gasteiger partial charge in [-0.3, -0.25) is 0 Å². The first-order valence-electron chi connectivity index (χ1n) is 5.77. The fourth-order valence-corrected chi connectivity index (χ4v) is 1.30. The Hall–Kier alpha value is -1.31. The molecule has 0 saturated heterocycles. The molecule has 0 heterocycles. The van der Waals surface area contributed by atoms with Gasteiger partial charge in [-0.05, 0) is 25.3 Å². The van der Waals surface area contributed by atoms with Gasteiger partial charge < -0.3 is 4.74 Å². The van der Waals surface area contributed by atoms with Gasteiger partial charge in [-0.15, -0.1) is 6.58 Å². The predicted octanol–water partition coefficient (Wildman–Crippen LogP) is 3.80. The zero-order valence-corrected chi connectivity index (χ0v) is 10.4. The van der Waals surface area contributed by atoms with E-state index in [1.54, 1.807) is 19.1 Å². The molecule has 0 spiro atoms. The van der Waals surface area contributed by atoms with Crippen LogP contribution in [0, 0.1) is 0 Å². The third-order valence-corrected chi connectivity index (χ3v) is 2.38. The lowest BCUT2D eigenvalue weighted by Crippen LogP contribution is -2.08. The number of rotatable bonds is 8. The zero-order valence-electron chi connectivity index (χ0n) is 10.4. The van der Waals surface area contributed by atoms with Gasteiger partial charge in [0.1, 0.15) is 0 Å². The lowest BCUT2D eigenvalue weighted by Gasteiger charge is -2.07. The standard InChI is InChI=1S/C14H22O2/c1-5-8-9-11-16-14(15)12(4)13(7-3)10-6-2/h6-7H,2-3,5,8-11H2,1,4H3. The van der Waals surface area contributed by atoms with Crippen LogP contribution in [0.15, 0.2) is 36.5 Å². The van der Waals surface area contributed by atoms with Crippen molar-refractivity contribution in [3.05, 3.63) is 36.5 Å². The molecule has 2 nitrogen and oxygen atoms in total. The van der Waals surface area contributed by atoms with Crippen LogP contribution in [0.5, 0.6) is 0 Å². The highest BCUT2D eigenvalue weighted by Gasteiger charge is 2.08. The highest BCUT2D eigenvalue weighted by atomic mass is 16.5. The molecule has 0 aromatic carbocycles. The minimum absolute atomic E-state index is 0.243. The number of hydrogen-bond acceptors (Lipinski definition) is 2. The van der Waals surface area contributed by atoms with Crippen LogP contribution in [0.3, 0.4) is 0 Å². The van der Waals surface area contributed by atoms with Gasteiger partial charge in [0.2, 0.25) is 0 Å². The lowest BCUT2D eigenvalue weighted by molar-refractivity contribution is -0.139. The van der Waals surface area contributed by atoms with E-state index in [2.05, 4.69) is 20.1 Å². The lowest BCUT2D eigenvalue weighted by atomic mass is 10.1. The van der Waals surface area contributed by atoms with Crippen molar-refractivity contribution in [3.8, 4) is 0 Å². The number of esters is 1. The minimum atomic E-state index is -0.243. The van der Waals surface area contributed by atoms with Crippen molar-refractivity contribution < 1.29 is 9.53 Å². The molecule has 90 valence electrons. The number of carbonyl (C=O) groups excluding carboxylic acids is 1. The van der Waals surface area contributed by atoms with Crippen LogP contribution < -0.4 is 0 Å². The molecule has 0 rings (SSSR count). The van der Waals surface area contributed by atoms with Crippen molar-refractivity contribution in [2.24, 2.45) is 0 Å². The van der Waals surface area contributed by atoms with Crippen molar-refractivity contribution in [1.29, 1.82) is 0 Å². The van der Waals surface area contributed by atoms with E-state index in [1.165, 1.54) is 0 Å². The monoisotopic (exact) mass is 222 g/mol. The average molecular weight is 222 g/mol. The third kappa shape index (κ3) is 5.54. The average Bonchev–Trinajstić information content (AvgIpc) is 2.30. The fraction of sp³-hybridized carbons (Fsp3) is 0.500. The summed E-state index contributed by atoms with van der Waals surface area (Å²) in [6.45, 7) is 11.7. The molecular formula is C14H22O2. The highest BCUT2D eigenvalue weighted by molar-refractivity contribution is 5.89. The van der Waals surface area contributed by atoms with E-state index in [9.17, 15) is 4.79 Å². The molecule has 0 bridgehead atoms. The highest BCUT2D eigenvalue weighted by Crippen LogP contribution is 2.12. The summed E-state index contributed by atoms with van der Waals surface area (Å²) in [6.07, 6.45) is 7.24. The third-order valence-electron chi connectivity index (χ3n) is 2.38. The van der Waals surface area contributed by atoms with Gasteiger partial charge in [-0.2, -0.15) is 0 Å². The smallest absolute Gasteiger partial charge is 0.333 e. The minimum Gasteiger partial charge on any atom is -0.462 e. The normalized spacial score (nSPS) is 11.6. The van der Waals surface area contributed by atoms with Gasteiger partial charge in [-0.25, -0.2) is 4.79 Å². The largest absolute Gasteiger partial charge is 0.462 e. The van der Waals surface area contributed by atoms with E-state index in [-0.39, 0.29) is 5.97 Å². The van der Waals surface area contributed by atoms with Crippen LogP contribution in [-0.2, 0) is 9.53 Å². The summed E-state index contributed by atoms with van der Waals surface area (Å²) < 4.78 is 5.16. The Morgan fingerprint density at radius 3 is 2.50 bits per heavy atom. The number of unbranched alkanes of at least 4 members (excludes halogenated alkanes) is 2. The molecule has 0 aliphatic heterocycles. The molecule has 0 radical (unpaired) electrons. The predicted molar refractivity (Wildman–Crippen MR) is 68.2 cm³/mol. The molecule has 16 heavy (non-hydrogen) atoms. The van der Waals surface area contributed by atoms with Crippen LogP contribution in [-0.4, -0.2) is 12.6 Å². The van der Waals surface area contributed by atoms with E-state index in [0.717, 1.165) is 24.8 Å². The molecule has 2 heteroatoms. The second-order valence-corrected chi connectivity index (χ2v) is 3.69. The van der Waals surface area contributed by atoms with Crippen LogP contribution in [0.1, 0.15) is 39.5 Å². The molecule has 0 N–H and O–H groups in total. The van der Waals surface area contributed by atoms with Gasteiger partial charge in [0.05, 0.1) is 6.61 Å². The summed E-state index contributed by atoms with van der Waals surface area (Å²) in [7, 11) is 0. The number of ether oxygens (including phenoxy) is 1. The fourth-order valence-electron chi connectivity index (χ4n) is 1.30. The Morgan fingerprint density at radius 1 is 1.31 bits per heavy atom. The van der Waals surface area contributed by atoms with Crippen LogP contribution in [0.4, 0.5) is 0 Å². The first-order chi connectivity index (χ1) is 7.67. The first-order valence-corrected chi connectivity index (χ1v) is 5.77. The molecule has 0 aliphatic rings. The maximum absolute atomic E-state index is 11.6. The van der Waals surface area contributed by atoms with E-state index in [0.29, 0.717) is 18.6 Å². The van der Waals surface area contributed by atoms with Crippen LogP contribution >= 0.6 is 0 Å². The summed E-state index contributed by atoms with van der Waals surface area (Å²) in [5.74, 6) is -0.243. The van der Waals surface area contributed by atoms with E-state index in [1.807, 2.05) is 0 Å². The Labute approximate surface area is 98.7 Å².